The van der Waals surface area contributed by atoms with Gasteiger partial charge < -0.3 is 20.3 Å². The fourth-order valence-electron chi connectivity index (χ4n) is 1.54. The normalized spacial score (nSPS) is 13.6. The molecule has 0 bridgehead atoms. The number of rotatable bonds is 8. The van der Waals surface area contributed by atoms with Gasteiger partial charge in [0, 0.05) is 13.0 Å². The van der Waals surface area contributed by atoms with Gasteiger partial charge in [0.25, 0.3) is 0 Å². The molecular formula is C11H23NO4. The van der Waals surface area contributed by atoms with E-state index in [1.165, 1.54) is 6.92 Å². The number of hydrogen-bond acceptors (Lipinski definition) is 5. The predicted octanol–water partition coefficient (Wildman–Crippen LogP) is 0.0511. The first-order chi connectivity index (χ1) is 7.49. The van der Waals surface area contributed by atoms with Crippen LogP contribution in [-0.2, 0) is 9.53 Å². The molecular weight excluding hydrogens is 210 g/mol. The first kappa shape index (κ1) is 15.3. The molecule has 96 valence electrons. The fraction of sp³-hybridized carbons (Fsp3) is 0.909. The minimum atomic E-state index is -0.944. The maximum absolute atomic E-state index is 10.7. The second-order valence-corrected chi connectivity index (χ2v) is 4.21. The Balaban J connectivity index is 4.35. The zero-order chi connectivity index (χ0) is 12.6. The first-order valence-corrected chi connectivity index (χ1v) is 5.62. The number of nitrogens with one attached hydrogen (secondary N) is 1. The highest BCUT2D eigenvalue weighted by atomic mass is 16.5. The monoisotopic (exact) mass is 233 g/mol. The SMILES string of the molecule is CCCC(C)NC(CO)(CO)COC(C)=O. The van der Waals surface area contributed by atoms with Crippen molar-refractivity contribution in [2.45, 2.75) is 45.2 Å². The molecule has 0 aromatic heterocycles. The Kier molecular flexibility index (Phi) is 7.29. The van der Waals surface area contributed by atoms with Crippen LogP contribution in [0, 0.1) is 0 Å². The summed E-state index contributed by atoms with van der Waals surface area (Å²) in [4.78, 5) is 10.7. The standard InChI is InChI=1S/C11H23NO4/c1-4-5-9(2)12-11(6-13,7-14)8-16-10(3)15/h9,12-14H,4-8H2,1-3H3. The molecule has 0 spiro atoms. The lowest BCUT2D eigenvalue weighted by Gasteiger charge is -2.33. The first-order valence-electron chi connectivity index (χ1n) is 5.62. The van der Waals surface area contributed by atoms with Crippen LogP contribution in [-0.4, -0.2) is 47.6 Å². The number of hydrogen-bond donors (Lipinski definition) is 3. The Morgan fingerprint density at radius 2 is 2.00 bits per heavy atom. The number of carbonyl (C=O) groups excluding carboxylic acids is 1. The maximum Gasteiger partial charge on any atom is 0.302 e. The maximum atomic E-state index is 10.7. The third-order valence-corrected chi connectivity index (χ3v) is 2.43. The van der Waals surface area contributed by atoms with E-state index in [-0.39, 0.29) is 25.9 Å². The van der Waals surface area contributed by atoms with Crippen molar-refractivity contribution in [2.75, 3.05) is 19.8 Å². The Morgan fingerprint density at radius 3 is 2.38 bits per heavy atom. The van der Waals surface area contributed by atoms with Crippen LogP contribution in [0.1, 0.15) is 33.6 Å². The average Bonchev–Trinajstić information content (AvgIpc) is 2.24. The van der Waals surface area contributed by atoms with E-state index in [1.807, 2.05) is 6.92 Å². The van der Waals surface area contributed by atoms with Crippen molar-refractivity contribution in [2.24, 2.45) is 0 Å². The summed E-state index contributed by atoms with van der Waals surface area (Å²) in [6.07, 6.45) is 1.94. The molecule has 1 unspecified atom stereocenters. The molecule has 0 aromatic carbocycles. The molecule has 3 N–H and O–H groups in total. The summed E-state index contributed by atoms with van der Waals surface area (Å²) in [7, 11) is 0. The van der Waals surface area contributed by atoms with E-state index in [1.54, 1.807) is 0 Å². The molecule has 0 aliphatic rings. The Hall–Kier alpha value is -0.650. The van der Waals surface area contributed by atoms with Gasteiger partial charge in [0.1, 0.15) is 6.61 Å². The van der Waals surface area contributed by atoms with Gasteiger partial charge in [0.15, 0.2) is 0 Å². The van der Waals surface area contributed by atoms with Gasteiger partial charge in [0.05, 0.1) is 18.8 Å². The minimum absolute atomic E-state index is 0.0244. The molecule has 0 saturated carbocycles. The summed E-state index contributed by atoms with van der Waals surface area (Å²) in [5.74, 6) is -0.420. The van der Waals surface area contributed by atoms with Gasteiger partial charge >= 0.3 is 5.97 Å². The zero-order valence-corrected chi connectivity index (χ0v) is 10.3. The quantitative estimate of drug-likeness (QED) is 0.516. The third-order valence-electron chi connectivity index (χ3n) is 2.43. The largest absolute Gasteiger partial charge is 0.464 e. The summed E-state index contributed by atoms with van der Waals surface area (Å²) in [5, 5.41) is 21.7. The minimum Gasteiger partial charge on any atom is -0.464 e. The van der Waals surface area contributed by atoms with Gasteiger partial charge in [0.2, 0.25) is 0 Å². The van der Waals surface area contributed by atoms with E-state index in [2.05, 4.69) is 12.2 Å². The van der Waals surface area contributed by atoms with Crippen molar-refractivity contribution >= 4 is 5.97 Å². The van der Waals surface area contributed by atoms with Crippen molar-refractivity contribution in [3.63, 3.8) is 0 Å². The summed E-state index contributed by atoms with van der Waals surface area (Å²) < 4.78 is 4.85. The van der Waals surface area contributed by atoms with Gasteiger partial charge in [-0.3, -0.25) is 4.79 Å². The Morgan fingerprint density at radius 1 is 1.44 bits per heavy atom. The molecule has 0 fully saturated rings. The Labute approximate surface area is 96.8 Å². The van der Waals surface area contributed by atoms with Crippen LogP contribution in [0.15, 0.2) is 0 Å². The zero-order valence-electron chi connectivity index (χ0n) is 10.3. The van der Waals surface area contributed by atoms with Crippen molar-refractivity contribution < 1.29 is 19.7 Å². The number of aliphatic hydroxyl groups excluding tert-OH is 2. The third kappa shape index (κ3) is 5.44. The molecule has 0 rings (SSSR count). The predicted molar refractivity (Wildman–Crippen MR) is 61.0 cm³/mol. The molecule has 0 aliphatic carbocycles. The van der Waals surface area contributed by atoms with Gasteiger partial charge in [-0.2, -0.15) is 0 Å². The van der Waals surface area contributed by atoms with Crippen LogP contribution in [0.4, 0.5) is 0 Å². The number of aliphatic hydroxyl groups is 2. The van der Waals surface area contributed by atoms with E-state index in [4.69, 9.17) is 4.74 Å². The summed E-state index contributed by atoms with van der Waals surface area (Å²) in [6, 6.07) is 0.153. The highest BCUT2D eigenvalue weighted by molar-refractivity contribution is 5.65. The van der Waals surface area contributed by atoms with Gasteiger partial charge in [-0.15, -0.1) is 0 Å². The Bertz CT molecular complexity index is 204. The van der Waals surface area contributed by atoms with Crippen LogP contribution >= 0.6 is 0 Å². The molecule has 0 radical (unpaired) electrons. The summed E-state index contributed by atoms with van der Waals surface area (Å²) >= 11 is 0. The summed E-state index contributed by atoms with van der Waals surface area (Å²) in [6.45, 7) is 4.76. The lowest BCUT2D eigenvalue weighted by atomic mass is 10.0. The van der Waals surface area contributed by atoms with Gasteiger partial charge in [-0.25, -0.2) is 0 Å². The lowest BCUT2D eigenvalue weighted by molar-refractivity contribution is -0.144. The van der Waals surface area contributed by atoms with E-state index < -0.39 is 11.5 Å². The molecule has 0 aromatic rings. The number of esters is 1. The molecule has 0 amide bonds. The molecule has 0 aliphatic heterocycles. The second-order valence-electron chi connectivity index (χ2n) is 4.21. The molecule has 5 heteroatoms. The van der Waals surface area contributed by atoms with Crippen LogP contribution < -0.4 is 5.32 Å². The number of ether oxygens (including phenoxy) is 1. The summed E-state index contributed by atoms with van der Waals surface area (Å²) in [5.41, 5.74) is -0.944. The molecule has 0 saturated heterocycles. The highest BCUT2D eigenvalue weighted by Crippen LogP contribution is 2.08. The smallest absolute Gasteiger partial charge is 0.302 e. The van der Waals surface area contributed by atoms with E-state index >= 15 is 0 Å². The van der Waals surface area contributed by atoms with Crippen molar-refractivity contribution in [3.8, 4) is 0 Å². The molecule has 5 nitrogen and oxygen atoms in total. The van der Waals surface area contributed by atoms with Crippen LogP contribution in [0.3, 0.4) is 0 Å². The number of carbonyl (C=O) groups is 1. The second kappa shape index (κ2) is 7.60. The molecule has 1 atom stereocenters. The van der Waals surface area contributed by atoms with Crippen LogP contribution in [0.2, 0.25) is 0 Å². The molecule has 0 heterocycles. The average molecular weight is 233 g/mol. The van der Waals surface area contributed by atoms with E-state index in [9.17, 15) is 15.0 Å². The van der Waals surface area contributed by atoms with Crippen molar-refractivity contribution in [1.29, 1.82) is 0 Å². The highest BCUT2D eigenvalue weighted by Gasteiger charge is 2.31. The van der Waals surface area contributed by atoms with E-state index in [0.717, 1.165) is 12.8 Å². The van der Waals surface area contributed by atoms with Gasteiger partial charge in [-0.1, -0.05) is 13.3 Å². The topological polar surface area (TPSA) is 78.8 Å². The van der Waals surface area contributed by atoms with Crippen molar-refractivity contribution in [3.05, 3.63) is 0 Å². The lowest BCUT2D eigenvalue weighted by Crippen LogP contribution is -2.58. The van der Waals surface area contributed by atoms with Gasteiger partial charge in [-0.05, 0) is 13.3 Å². The molecule has 16 heavy (non-hydrogen) atoms. The van der Waals surface area contributed by atoms with Crippen LogP contribution in [0.25, 0.3) is 0 Å². The fourth-order valence-corrected chi connectivity index (χ4v) is 1.54. The van der Waals surface area contributed by atoms with E-state index in [0.29, 0.717) is 0 Å². The van der Waals surface area contributed by atoms with Crippen molar-refractivity contribution in [1.82, 2.24) is 5.32 Å². The van der Waals surface area contributed by atoms with Crippen LogP contribution in [0.5, 0.6) is 0 Å².